The Morgan fingerprint density at radius 3 is 1.52 bits per heavy atom. The van der Waals surface area contributed by atoms with Gasteiger partial charge in [-0.15, -0.1) is 0 Å². The van der Waals surface area contributed by atoms with Crippen molar-refractivity contribution >= 4 is 5.97 Å². The van der Waals surface area contributed by atoms with E-state index in [-0.39, 0.29) is 12.5 Å². The van der Waals surface area contributed by atoms with E-state index in [1.807, 2.05) is 54.6 Å². The number of carbonyl (C=O) groups is 1. The van der Waals surface area contributed by atoms with Gasteiger partial charge in [-0.05, 0) is 23.1 Å². The zero-order chi connectivity index (χ0) is 18.9. The molecule has 0 saturated heterocycles. The average molecular weight is 359 g/mol. The summed E-state index contributed by atoms with van der Waals surface area (Å²) in [5.41, 5.74) is 3.55. The van der Waals surface area contributed by atoms with Gasteiger partial charge in [-0.3, -0.25) is 9.69 Å². The third-order valence-corrected chi connectivity index (χ3v) is 4.70. The molecule has 1 atom stereocenters. The Hall–Kier alpha value is -2.91. The largest absolute Gasteiger partial charge is 0.481 e. The van der Waals surface area contributed by atoms with Crippen LogP contribution in [0.5, 0.6) is 0 Å². The van der Waals surface area contributed by atoms with E-state index in [1.54, 1.807) is 0 Å². The zero-order valence-corrected chi connectivity index (χ0v) is 15.4. The maximum Gasteiger partial charge on any atom is 0.304 e. The van der Waals surface area contributed by atoms with E-state index in [4.69, 9.17) is 0 Å². The molecule has 3 aromatic rings. The molecule has 0 bridgehead atoms. The summed E-state index contributed by atoms with van der Waals surface area (Å²) >= 11 is 0. The molecule has 0 heterocycles. The van der Waals surface area contributed by atoms with Crippen LogP contribution in [-0.2, 0) is 24.3 Å². The first-order valence-electron chi connectivity index (χ1n) is 9.28. The van der Waals surface area contributed by atoms with Crippen LogP contribution in [0.3, 0.4) is 0 Å². The van der Waals surface area contributed by atoms with Gasteiger partial charge in [-0.2, -0.15) is 0 Å². The molecular formula is C24H25NO2. The molecule has 3 heteroatoms. The summed E-state index contributed by atoms with van der Waals surface area (Å²) in [5.74, 6) is -0.762. The topological polar surface area (TPSA) is 40.5 Å². The average Bonchev–Trinajstić information content (AvgIpc) is 2.69. The summed E-state index contributed by atoms with van der Waals surface area (Å²) in [4.78, 5) is 13.9. The number of hydrogen-bond donors (Lipinski definition) is 1. The second kappa shape index (κ2) is 9.70. The minimum absolute atomic E-state index is 0.0784. The van der Waals surface area contributed by atoms with E-state index < -0.39 is 5.97 Å². The number of carboxylic acid groups (broad SMARTS) is 1. The van der Waals surface area contributed by atoms with Crippen LogP contribution in [0.1, 0.15) is 23.1 Å². The summed E-state index contributed by atoms with van der Waals surface area (Å²) in [7, 11) is 0. The third-order valence-electron chi connectivity index (χ3n) is 4.70. The molecule has 138 valence electrons. The molecule has 0 aliphatic carbocycles. The van der Waals surface area contributed by atoms with Crippen LogP contribution in [-0.4, -0.2) is 22.0 Å². The third kappa shape index (κ3) is 6.08. The van der Waals surface area contributed by atoms with E-state index in [1.165, 1.54) is 11.1 Å². The van der Waals surface area contributed by atoms with Crippen LogP contribution in [0.4, 0.5) is 0 Å². The van der Waals surface area contributed by atoms with Gasteiger partial charge < -0.3 is 5.11 Å². The van der Waals surface area contributed by atoms with Crippen LogP contribution >= 0.6 is 0 Å². The van der Waals surface area contributed by atoms with Crippen molar-refractivity contribution in [3.63, 3.8) is 0 Å². The first-order chi connectivity index (χ1) is 13.2. The lowest BCUT2D eigenvalue weighted by molar-refractivity contribution is -0.138. The molecule has 0 radical (unpaired) electrons. The maximum atomic E-state index is 11.6. The van der Waals surface area contributed by atoms with Crippen molar-refractivity contribution in [1.29, 1.82) is 0 Å². The Balaban J connectivity index is 1.86. The highest BCUT2D eigenvalue weighted by atomic mass is 16.4. The summed E-state index contributed by atoms with van der Waals surface area (Å²) in [6.45, 7) is 1.45. The lowest BCUT2D eigenvalue weighted by Crippen LogP contribution is -2.37. The number of nitrogens with zero attached hydrogens (tertiary/aromatic N) is 1. The minimum Gasteiger partial charge on any atom is -0.481 e. The second-order valence-corrected chi connectivity index (χ2v) is 6.82. The Bertz CT molecular complexity index is 777. The van der Waals surface area contributed by atoms with Gasteiger partial charge in [0.1, 0.15) is 0 Å². The molecule has 0 aromatic heterocycles. The lowest BCUT2D eigenvalue weighted by Gasteiger charge is -2.31. The predicted molar refractivity (Wildman–Crippen MR) is 108 cm³/mol. The van der Waals surface area contributed by atoms with E-state index in [0.29, 0.717) is 6.42 Å². The summed E-state index contributed by atoms with van der Waals surface area (Å²) in [6.07, 6.45) is 0.835. The fraction of sp³-hybridized carbons (Fsp3) is 0.208. The van der Waals surface area contributed by atoms with Crippen LogP contribution in [0.15, 0.2) is 91.0 Å². The fourth-order valence-corrected chi connectivity index (χ4v) is 3.37. The molecule has 0 fully saturated rings. The molecule has 0 aliphatic rings. The first-order valence-corrected chi connectivity index (χ1v) is 9.28. The molecule has 27 heavy (non-hydrogen) atoms. The smallest absolute Gasteiger partial charge is 0.304 e. The monoisotopic (exact) mass is 359 g/mol. The molecule has 0 saturated carbocycles. The Morgan fingerprint density at radius 1 is 0.704 bits per heavy atom. The molecule has 3 nitrogen and oxygen atoms in total. The quantitative estimate of drug-likeness (QED) is 0.598. The molecular weight excluding hydrogens is 334 g/mol. The van der Waals surface area contributed by atoms with Crippen LogP contribution in [0.2, 0.25) is 0 Å². The minimum atomic E-state index is -0.762. The number of benzene rings is 3. The van der Waals surface area contributed by atoms with Gasteiger partial charge in [0.2, 0.25) is 0 Å². The van der Waals surface area contributed by atoms with Crippen LogP contribution in [0.25, 0.3) is 0 Å². The van der Waals surface area contributed by atoms with Gasteiger partial charge in [0.15, 0.2) is 0 Å². The molecule has 0 amide bonds. The number of carboxylic acids is 1. The van der Waals surface area contributed by atoms with Crippen molar-refractivity contribution in [2.45, 2.75) is 32.0 Å². The van der Waals surface area contributed by atoms with E-state index in [9.17, 15) is 9.90 Å². The molecule has 0 aliphatic heterocycles. The highest BCUT2D eigenvalue weighted by Crippen LogP contribution is 2.19. The second-order valence-electron chi connectivity index (χ2n) is 6.82. The molecule has 0 spiro atoms. The molecule has 3 rings (SSSR count). The summed E-state index contributed by atoms with van der Waals surface area (Å²) in [5, 5.41) is 9.52. The van der Waals surface area contributed by atoms with Crippen molar-refractivity contribution in [3.05, 3.63) is 108 Å². The Morgan fingerprint density at radius 2 is 1.11 bits per heavy atom. The van der Waals surface area contributed by atoms with Gasteiger partial charge in [0.05, 0.1) is 6.42 Å². The molecule has 1 unspecified atom stereocenters. The van der Waals surface area contributed by atoms with Crippen molar-refractivity contribution in [3.8, 4) is 0 Å². The van der Waals surface area contributed by atoms with Gasteiger partial charge in [0, 0.05) is 19.1 Å². The van der Waals surface area contributed by atoms with Crippen molar-refractivity contribution in [2.24, 2.45) is 0 Å². The lowest BCUT2D eigenvalue weighted by atomic mass is 10.00. The highest BCUT2D eigenvalue weighted by molar-refractivity contribution is 5.67. The zero-order valence-electron chi connectivity index (χ0n) is 15.4. The Kier molecular flexibility index (Phi) is 6.78. The molecule has 3 aromatic carbocycles. The van der Waals surface area contributed by atoms with Crippen molar-refractivity contribution < 1.29 is 9.90 Å². The predicted octanol–water partition coefficient (Wildman–Crippen LogP) is 4.77. The van der Waals surface area contributed by atoms with Crippen LogP contribution < -0.4 is 0 Å². The van der Waals surface area contributed by atoms with E-state index in [0.717, 1.165) is 18.7 Å². The molecule has 1 N–H and O–H groups in total. The SMILES string of the molecule is O=C(O)CC(Cc1ccccc1)N(Cc1ccccc1)Cc1ccccc1. The van der Waals surface area contributed by atoms with Gasteiger partial charge in [-0.1, -0.05) is 91.0 Å². The first kappa shape index (κ1) is 18.9. The highest BCUT2D eigenvalue weighted by Gasteiger charge is 2.22. The fourth-order valence-electron chi connectivity index (χ4n) is 3.37. The summed E-state index contributed by atoms with van der Waals surface area (Å²) in [6, 6.07) is 30.6. The van der Waals surface area contributed by atoms with Gasteiger partial charge >= 0.3 is 5.97 Å². The Labute approximate surface area is 160 Å². The summed E-state index contributed by atoms with van der Waals surface area (Å²) < 4.78 is 0. The van der Waals surface area contributed by atoms with E-state index in [2.05, 4.69) is 41.3 Å². The number of aliphatic carboxylic acids is 1. The van der Waals surface area contributed by atoms with Crippen LogP contribution in [0, 0.1) is 0 Å². The standard InChI is InChI=1S/C24H25NO2/c26-24(27)17-23(16-20-10-4-1-5-11-20)25(18-21-12-6-2-7-13-21)19-22-14-8-3-9-15-22/h1-15,23H,16-19H2,(H,26,27). The maximum absolute atomic E-state index is 11.6. The van der Waals surface area contributed by atoms with Gasteiger partial charge in [0.25, 0.3) is 0 Å². The van der Waals surface area contributed by atoms with Crippen molar-refractivity contribution in [1.82, 2.24) is 4.90 Å². The van der Waals surface area contributed by atoms with E-state index >= 15 is 0 Å². The number of rotatable bonds is 9. The normalized spacial score (nSPS) is 12.0. The van der Waals surface area contributed by atoms with Crippen molar-refractivity contribution in [2.75, 3.05) is 0 Å². The van der Waals surface area contributed by atoms with Gasteiger partial charge in [-0.25, -0.2) is 0 Å². The number of hydrogen-bond acceptors (Lipinski definition) is 2.